The fraction of sp³-hybridized carbons (Fsp3) is 0.429. The predicted octanol–water partition coefficient (Wildman–Crippen LogP) is 0.241. The first kappa shape index (κ1) is 11.9. The van der Waals surface area contributed by atoms with Crippen LogP contribution in [0.3, 0.4) is 0 Å². The number of carbonyl (C=O) groups is 1. The van der Waals surface area contributed by atoms with Crippen LogP contribution in [0.2, 0.25) is 0 Å². The van der Waals surface area contributed by atoms with Gasteiger partial charge in [0.2, 0.25) is 11.5 Å². The minimum absolute atomic E-state index is 0.0825. The van der Waals surface area contributed by atoms with E-state index in [1.165, 1.54) is 0 Å². The molecule has 1 saturated heterocycles. The van der Waals surface area contributed by atoms with Gasteiger partial charge in [-0.05, 0) is 30.5 Å². The maximum Gasteiger partial charge on any atom is 0.233 e. The second-order valence-electron chi connectivity index (χ2n) is 5.45. The van der Waals surface area contributed by atoms with Crippen LogP contribution in [0.4, 0.5) is 5.69 Å². The van der Waals surface area contributed by atoms with Crippen LogP contribution in [0.15, 0.2) is 23.2 Å². The molecule has 4 rings (SSSR count). The van der Waals surface area contributed by atoms with Crippen molar-refractivity contribution in [3.05, 3.63) is 23.8 Å². The Balaban J connectivity index is 1.87. The number of aliphatic hydroxyl groups is 2. The lowest BCUT2D eigenvalue weighted by atomic mass is 9.90. The number of rotatable bonds is 1. The molecule has 1 saturated carbocycles. The zero-order valence-corrected chi connectivity index (χ0v) is 10.7. The Hall–Kier alpha value is -1.92. The van der Waals surface area contributed by atoms with Gasteiger partial charge in [-0.2, -0.15) is 0 Å². The van der Waals surface area contributed by atoms with Crippen molar-refractivity contribution in [2.75, 3.05) is 0 Å². The Bertz CT molecular complexity index is 642. The number of hydrogen-bond donors (Lipinski definition) is 3. The summed E-state index contributed by atoms with van der Waals surface area (Å²) in [6.45, 7) is -0.0825. The summed E-state index contributed by atoms with van der Waals surface area (Å²) in [6.07, 6.45) is 0.382. The van der Waals surface area contributed by atoms with E-state index in [1.807, 2.05) is 0 Å². The second-order valence-corrected chi connectivity index (χ2v) is 5.45. The highest BCUT2D eigenvalue weighted by Gasteiger charge is 2.64. The first-order chi connectivity index (χ1) is 9.65. The van der Waals surface area contributed by atoms with Crippen LogP contribution in [0, 0.1) is 5.92 Å². The van der Waals surface area contributed by atoms with Gasteiger partial charge in [-0.15, -0.1) is 0 Å². The van der Waals surface area contributed by atoms with E-state index in [9.17, 15) is 9.90 Å². The summed E-state index contributed by atoms with van der Waals surface area (Å²) in [6, 6.07) is 5.19. The summed E-state index contributed by atoms with van der Waals surface area (Å²) >= 11 is 0. The smallest absolute Gasteiger partial charge is 0.233 e. The monoisotopic (exact) mass is 274 g/mol. The van der Waals surface area contributed by atoms with Crippen molar-refractivity contribution in [1.29, 1.82) is 0 Å². The molecule has 2 aliphatic heterocycles. The number of benzene rings is 1. The molecule has 6 nitrogen and oxygen atoms in total. The maximum atomic E-state index is 12.0. The van der Waals surface area contributed by atoms with E-state index in [0.717, 1.165) is 5.56 Å². The van der Waals surface area contributed by atoms with Gasteiger partial charge in [0.25, 0.3) is 0 Å². The van der Waals surface area contributed by atoms with E-state index < -0.39 is 11.7 Å². The third-order valence-electron chi connectivity index (χ3n) is 4.39. The lowest BCUT2D eigenvalue weighted by molar-refractivity contribution is -0.125. The van der Waals surface area contributed by atoms with Crippen LogP contribution in [0.5, 0.6) is 5.75 Å². The van der Waals surface area contributed by atoms with Gasteiger partial charge in [0.1, 0.15) is 17.5 Å². The lowest BCUT2D eigenvalue weighted by Crippen LogP contribution is -2.54. The number of ether oxygens (including phenoxy) is 1. The fourth-order valence-corrected chi connectivity index (χ4v) is 3.38. The molecule has 3 aliphatic rings. The molecule has 1 aliphatic carbocycles. The molecule has 3 N–H and O–H groups in total. The SMILES string of the molecule is O=C1NC2=Nc3cc(CO)ccc3OC23C(O)CCC13. The number of aliphatic hydroxyl groups excluding tert-OH is 2. The van der Waals surface area contributed by atoms with Gasteiger partial charge < -0.3 is 20.3 Å². The number of carbonyl (C=O) groups excluding carboxylic acids is 1. The molecule has 104 valence electrons. The van der Waals surface area contributed by atoms with Gasteiger partial charge in [0, 0.05) is 0 Å². The van der Waals surface area contributed by atoms with Crippen molar-refractivity contribution in [1.82, 2.24) is 5.32 Å². The van der Waals surface area contributed by atoms with Gasteiger partial charge in [-0.25, -0.2) is 4.99 Å². The van der Waals surface area contributed by atoms with Crippen LogP contribution < -0.4 is 10.1 Å². The highest BCUT2D eigenvalue weighted by atomic mass is 16.5. The van der Waals surface area contributed by atoms with Gasteiger partial charge in [-0.3, -0.25) is 4.79 Å². The van der Waals surface area contributed by atoms with Crippen LogP contribution in [0.1, 0.15) is 18.4 Å². The maximum absolute atomic E-state index is 12.0. The topological polar surface area (TPSA) is 91.2 Å². The van der Waals surface area contributed by atoms with Crippen molar-refractivity contribution < 1.29 is 19.7 Å². The summed E-state index contributed by atoms with van der Waals surface area (Å²) in [4.78, 5) is 16.5. The Morgan fingerprint density at radius 3 is 3.10 bits per heavy atom. The largest absolute Gasteiger partial charge is 0.473 e. The Morgan fingerprint density at radius 1 is 1.45 bits per heavy atom. The van der Waals surface area contributed by atoms with Crippen molar-refractivity contribution in [3.63, 3.8) is 0 Å². The molecule has 2 heterocycles. The van der Waals surface area contributed by atoms with Crippen molar-refractivity contribution >= 4 is 17.4 Å². The van der Waals surface area contributed by atoms with Crippen molar-refractivity contribution in [2.45, 2.75) is 31.2 Å². The molecule has 2 fully saturated rings. The Morgan fingerprint density at radius 2 is 2.30 bits per heavy atom. The molecule has 1 aromatic rings. The van der Waals surface area contributed by atoms with Crippen LogP contribution in [-0.4, -0.2) is 33.7 Å². The minimum atomic E-state index is -1.05. The average molecular weight is 274 g/mol. The van der Waals surface area contributed by atoms with Gasteiger partial charge in [0.15, 0.2) is 5.84 Å². The number of nitrogens with zero attached hydrogens (tertiary/aromatic N) is 1. The van der Waals surface area contributed by atoms with E-state index in [1.54, 1.807) is 18.2 Å². The van der Waals surface area contributed by atoms with E-state index in [0.29, 0.717) is 30.1 Å². The summed E-state index contributed by atoms with van der Waals surface area (Å²) in [5.41, 5.74) is 0.239. The molecular weight excluding hydrogens is 260 g/mol. The van der Waals surface area contributed by atoms with Crippen molar-refractivity contribution in [3.8, 4) is 5.75 Å². The second kappa shape index (κ2) is 3.80. The molecule has 1 spiro atoms. The normalized spacial score (nSPS) is 33.7. The number of hydrogen-bond acceptors (Lipinski definition) is 5. The quantitative estimate of drug-likeness (QED) is 0.684. The minimum Gasteiger partial charge on any atom is -0.473 e. The van der Waals surface area contributed by atoms with Crippen LogP contribution in [0.25, 0.3) is 0 Å². The predicted molar refractivity (Wildman–Crippen MR) is 69.7 cm³/mol. The Kier molecular flexibility index (Phi) is 2.26. The molecular formula is C14H14N2O4. The van der Waals surface area contributed by atoms with Gasteiger partial charge in [-0.1, -0.05) is 6.07 Å². The molecule has 3 atom stereocenters. The zero-order chi connectivity index (χ0) is 13.9. The third kappa shape index (κ3) is 1.30. The molecule has 20 heavy (non-hydrogen) atoms. The van der Waals surface area contributed by atoms with Crippen LogP contribution in [-0.2, 0) is 11.4 Å². The number of aliphatic imine (C=N–C) groups is 1. The zero-order valence-electron chi connectivity index (χ0n) is 10.7. The lowest BCUT2D eigenvalue weighted by Gasteiger charge is -2.35. The molecule has 0 bridgehead atoms. The molecule has 0 radical (unpaired) electrons. The van der Waals surface area contributed by atoms with E-state index in [2.05, 4.69) is 10.3 Å². The fourth-order valence-electron chi connectivity index (χ4n) is 3.38. The standard InChI is InChI=1S/C14H14N2O4/c17-6-7-1-3-10-9(5-7)15-13-14(20-10)8(12(19)16-13)2-4-11(14)18/h1,3,5,8,11,17-18H,2,4,6H2,(H,15,16,19). The number of amidine groups is 1. The average Bonchev–Trinajstić information content (AvgIpc) is 2.91. The molecule has 1 amide bonds. The van der Waals surface area contributed by atoms with Crippen molar-refractivity contribution in [2.24, 2.45) is 10.9 Å². The first-order valence-electron chi connectivity index (χ1n) is 6.66. The first-order valence-corrected chi connectivity index (χ1v) is 6.66. The molecule has 3 unspecified atom stereocenters. The number of amides is 1. The summed E-state index contributed by atoms with van der Waals surface area (Å²) in [5.74, 6) is 0.394. The summed E-state index contributed by atoms with van der Waals surface area (Å²) < 4.78 is 6.00. The highest BCUT2D eigenvalue weighted by molar-refractivity contribution is 6.14. The van der Waals surface area contributed by atoms with E-state index in [-0.39, 0.29) is 18.4 Å². The number of nitrogens with one attached hydrogen (secondary N) is 1. The Labute approximate surface area is 115 Å². The third-order valence-corrected chi connectivity index (χ3v) is 4.39. The molecule has 0 aromatic heterocycles. The van der Waals surface area contributed by atoms with Crippen LogP contribution >= 0.6 is 0 Å². The van der Waals surface area contributed by atoms with Gasteiger partial charge in [0.05, 0.1) is 12.5 Å². The molecule has 1 aromatic carbocycles. The summed E-state index contributed by atoms with van der Waals surface area (Å²) in [7, 11) is 0. The van der Waals surface area contributed by atoms with Gasteiger partial charge >= 0.3 is 0 Å². The highest BCUT2D eigenvalue weighted by Crippen LogP contribution is 2.49. The van der Waals surface area contributed by atoms with E-state index >= 15 is 0 Å². The summed E-state index contributed by atoms with van der Waals surface area (Å²) in [5, 5.41) is 22.2. The number of fused-ring (bicyclic) bond motifs is 1. The molecule has 6 heteroatoms. The van der Waals surface area contributed by atoms with E-state index in [4.69, 9.17) is 9.84 Å².